The van der Waals surface area contributed by atoms with Crippen LogP contribution in [0.2, 0.25) is 0 Å². The van der Waals surface area contributed by atoms with E-state index >= 15 is 0 Å². The molecule has 1 atom stereocenters. The molecule has 7 heteroatoms. The number of benzene rings is 1. The number of nitrogens with one attached hydrogen (secondary N) is 2. The van der Waals surface area contributed by atoms with E-state index in [4.69, 9.17) is 5.14 Å². The van der Waals surface area contributed by atoms with Gasteiger partial charge in [0.1, 0.15) is 0 Å². The summed E-state index contributed by atoms with van der Waals surface area (Å²) in [5, 5.41) is 8.05. The van der Waals surface area contributed by atoms with Crippen LogP contribution in [-0.4, -0.2) is 40.0 Å². The lowest BCUT2D eigenvalue weighted by molar-refractivity contribution is -0.920. The third kappa shape index (κ3) is 5.29. The van der Waals surface area contributed by atoms with Crippen LogP contribution in [0.4, 0.5) is 0 Å². The van der Waals surface area contributed by atoms with Crippen LogP contribution in [0.3, 0.4) is 0 Å². The average molecular weight is 354 g/mol. The summed E-state index contributed by atoms with van der Waals surface area (Å²) >= 11 is 0. The molecular formula is C17H28N3O3S+. The smallest absolute Gasteiger partial charge is 0.278 e. The van der Waals surface area contributed by atoms with Gasteiger partial charge in [0.15, 0.2) is 6.04 Å². The Morgan fingerprint density at radius 3 is 2.42 bits per heavy atom. The van der Waals surface area contributed by atoms with Crippen LogP contribution in [0.25, 0.3) is 0 Å². The number of nitrogens with two attached hydrogens (primary N) is 1. The minimum atomic E-state index is -3.65. The Hall–Kier alpha value is -1.44. The van der Waals surface area contributed by atoms with Gasteiger partial charge in [-0.2, -0.15) is 0 Å². The van der Waals surface area contributed by atoms with Crippen LogP contribution in [0.15, 0.2) is 29.2 Å². The number of piperidine rings is 1. The molecule has 0 unspecified atom stereocenters. The fraction of sp³-hybridized carbons (Fsp3) is 0.588. The topological polar surface area (TPSA) is 93.7 Å². The molecule has 1 aliphatic rings. The van der Waals surface area contributed by atoms with Crippen molar-refractivity contribution in [1.29, 1.82) is 0 Å². The molecule has 0 aromatic heterocycles. The van der Waals surface area contributed by atoms with Crippen molar-refractivity contribution in [2.45, 2.75) is 44.0 Å². The molecule has 6 nitrogen and oxygen atoms in total. The van der Waals surface area contributed by atoms with Crippen molar-refractivity contribution < 1.29 is 18.1 Å². The predicted octanol–water partition coefficient (Wildman–Crippen LogP) is -0.304. The molecule has 0 bridgehead atoms. The number of rotatable bonds is 6. The molecule has 1 fully saturated rings. The summed E-state index contributed by atoms with van der Waals surface area (Å²) in [6.45, 7) is 6.92. The third-order valence-electron chi connectivity index (χ3n) is 4.89. The van der Waals surface area contributed by atoms with Gasteiger partial charge in [0, 0.05) is 6.54 Å². The number of quaternary nitrogens is 1. The van der Waals surface area contributed by atoms with Gasteiger partial charge in [0.2, 0.25) is 10.0 Å². The summed E-state index contributed by atoms with van der Waals surface area (Å²) in [6, 6.07) is 6.42. The molecule has 4 N–H and O–H groups in total. The first-order chi connectivity index (χ1) is 11.3. The SMILES string of the molecule is CC1CC[NH+]([C@@H](C)C(=O)NCCc2ccc(S(N)(=O)=O)cc2)CC1. The van der Waals surface area contributed by atoms with Gasteiger partial charge in [-0.3, -0.25) is 4.79 Å². The standard InChI is InChI=1S/C17H27N3O3S/c1-13-8-11-20(12-9-13)14(2)17(21)19-10-7-15-3-5-16(6-4-15)24(18,22)23/h3-6,13-14H,7-12H2,1-2H3,(H,19,21)(H2,18,22,23)/p+1/t14-/m0/s1. The van der Waals surface area contributed by atoms with Gasteiger partial charge in [-0.25, -0.2) is 13.6 Å². The Kier molecular flexibility index (Phi) is 6.37. The number of hydrogen-bond donors (Lipinski definition) is 3. The summed E-state index contributed by atoms with van der Waals surface area (Å²) in [4.78, 5) is 13.7. The summed E-state index contributed by atoms with van der Waals surface area (Å²) in [5.41, 5.74) is 0.967. The molecule has 0 saturated carbocycles. The van der Waals surface area contributed by atoms with Crippen molar-refractivity contribution >= 4 is 15.9 Å². The summed E-state index contributed by atoms with van der Waals surface area (Å²) in [7, 11) is -3.65. The lowest BCUT2D eigenvalue weighted by Crippen LogP contribution is -3.17. The van der Waals surface area contributed by atoms with Crippen LogP contribution in [0, 0.1) is 5.92 Å². The zero-order chi connectivity index (χ0) is 17.7. The molecule has 1 aromatic rings. The second-order valence-corrected chi connectivity index (χ2v) is 8.35. The number of carbonyl (C=O) groups excluding carboxylic acids is 1. The molecule has 134 valence electrons. The lowest BCUT2D eigenvalue weighted by Gasteiger charge is -2.31. The predicted molar refractivity (Wildman–Crippen MR) is 93.1 cm³/mol. The van der Waals surface area contributed by atoms with Crippen molar-refractivity contribution in [3.63, 3.8) is 0 Å². The molecule has 1 saturated heterocycles. The second-order valence-electron chi connectivity index (χ2n) is 6.79. The van der Waals surface area contributed by atoms with E-state index < -0.39 is 10.0 Å². The summed E-state index contributed by atoms with van der Waals surface area (Å²) in [6.07, 6.45) is 3.03. The van der Waals surface area contributed by atoms with Crippen molar-refractivity contribution in [2.24, 2.45) is 11.1 Å². The first-order valence-corrected chi connectivity index (χ1v) is 10.1. The van der Waals surface area contributed by atoms with E-state index in [1.807, 2.05) is 6.92 Å². The number of primary sulfonamides is 1. The van der Waals surface area contributed by atoms with Gasteiger partial charge in [-0.1, -0.05) is 19.1 Å². The molecule has 1 amide bonds. The molecule has 1 heterocycles. The molecular weight excluding hydrogens is 326 g/mol. The molecule has 0 radical (unpaired) electrons. The number of sulfonamides is 1. The van der Waals surface area contributed by atoms with Gasteiger partial charge in [-0.05, 0) is 49.8 Å². The van der Waals surface area contributed by atoms with Gasteiger partial charge >= 0.3 is 0 Å². The van der Waals surface area contributed by atoms with Crippen LogP contribution in [-0.2, 0) is 21.2 Å². The minimum Gasteiger partial charge on any atom is -0.351 e. The van der Waals surface area contributed by atoms with E-state index in [9.17, 15) is 13.2 Å². The highest BCUT2D eigenvalue weighted by molar-refractivity contribution is 7.89. The van der Waals surface area contributed by atoms with Crippen LogP contribution in [0.1, 0.15) is 32.3 Å². The molecule has 1 aliphatic heterocycles. The fourth-order valence-electron chi connectivity index (χ4n) is 3.08. The first-order valence-electron chi connectivity index (χ1n) is 8.51. The molecule has 24 heavy (non-hydrogen) atoms. The minimum absolute atomic E-state index is 0.0257. The van der Waals surface area contributed by atoms with Crippen LogP contribution < -0.4 is 15.4 Å². The molecule has 0 spiro atoms. The van der Waals surface area contributed by atoms with E-state index in [0.717, 1.165) is 24.6 Å². The summed E-state index contributed by atoms with van der Waals surface area (Å²) in [5.74, 6) is 0.852. The van der Waals surface area contributed by atoms with Crippen LogP contribution in [0.5, 0.6) is 0 Å². The third-order valence-corrected chi connectivity index (χ3v) is 5.82. The van der Waals surface area contributed by atoms with Crippen molar-refractivity contribution in [2.75, 3.05) is 19.6 Å². The van der Waals surface area contributed by atoms with Gasteiger partial charge in [0.05, 0.1) is 18.0 Å². The van der Waals surface area contributed by atoms with Crippen molar-refractivity contribution in [3.05, 3.63) is 29.8 Å². The highest BCUT2D eigenvalue weighted by atomic mass is 32.2. The lowest BCUT2D eigenvalue weighted by atomic mass is 9.98. The Morgan fingerprint density at radius 1 is 1.29 bits per heavy atom. The monoisotopic (exact) mass is 354 g/mol. The first kappa shape index (κ1) is 18.9. The van der Waals surface area contributed by atoms with E-state index in [-0.39, 0.29) is 16.8 Å². The summed E-state index contributed by atoms with van der Waals surface area (Å²) < 4.78 is 22.4. The number of amides is 1. The maximum Gasteiger partial charge on any atom is 0.278 e. The Bertz CT molecular complexity index is 650. The Labute approximate surface area is 144 Å². The molecule has 2 rings (SSSR count). The molecule has 0 aliphatic carbocycles. The second kappa shape index (κ2) is 8.09. The Morgan fingerprint density at radius 2 is 1.88 bits per heavy atom. The maximum absolute atomic E-state index is 12.3. The van der Waals surface area contributed by atoms with Crippen molar-refractivity contribution in [3.8, 4) is 0 Å². The van der Waals surface area contributed by atoms with Crippen LogP contribution >= 0.6 is 0 Å². The Balaban J connectivity index is 1.78. The average Bonchev–Trinajstić information content (AvgIpc) is 2.54. The zero-order valence-electron chi connectivity index (χ0n) is 14.4. The fourth-order valence-corrected chi connectivity index (χ4v) is 3.60. The maximum atomic E-state index is 12.3. The van der Waals surface area contributed by atoms with Gasteiger partial charge in [0.25, 0.3) is 5.91 Å². The highest BCUT2D eigenvalue weighted by Gasteiger charge is 2.28. The highest BCUT2D eigenvalue weighted by Crippen LogP contribution is 2.09. The quantitative estimate of drug-likeness (QED) is 0.654. The number of hydrogen-bond acceptors (Lipinski definition) is 3. The van der Waals surface area contributed by atoms with E-state index in [1.54, 1.807) is 12.1 Å². The van der Waals surface area contributed by atoms with E-state index in [1.165, 1.54) is 29.9 Å². The van der Waals surface area contributed by atoms with E-state index in [0.29, 0.717) is 13.0 Å². The molecule has 1 aromatic carbocycles. The largest absolute Gasteiger partial charge is 0.351 e. The van der Waals surface area contributed by atoms with Crippen molar-refractivity contribution in [1.82, 2.24) is 5.32 Å². The van der Waals surface area contributed by atoms with Gasteiger partial charge in [-0.15, -0.1) is 0 Å². The number of carbonyl (C=O) groups is 1. The normalized spacial score (nSPS) is 22.8. The zero-order valence-corrected chi connectivity index (χ0v) is 15.2. The van der Waals surface area contributed by atoms with E-state index in [2.05, 4.69) is 12.2 Å². The number of likely N-dealkylation sites (tertiary alicyclic amines) is 1. The van der Waals surface area contributed by atoms with Gasteiger partial charge < -0.3 is 10.2 Å².